The minimum absolute atomic E-state index is 0.155. The van der Waals surface area contributed by atoms with Gasteiger partial charge in [-0.15, -0.1) is 11.3 Å². The van der Waals surface area contributed by atoms with Gasteiger partial charge < -0.3 is 5.32 Å². The van der Waals surface area contributed by atoms with E-state index in [0.717, 1.165) is 22.9 Å². The molecular weight excluding hydrogens is 380 g/mol. The first kappa shape index (κ1) is 19.1. The van der Waals surface area contributed by atoms with E-state index in [0.29, 0.717) is 10.6 Å². The third kappa shape index (κ3) is 4.96. The van der Waals surface area contributed by atoms with Crippen LogP contribution in [0.1, 0.15) is 28.2 Å². The van der Waals surface area contributed by atoms with Gasteiger partial charge in [0.2, 0.25) is 10.0 Å². The van der Waals surface area contributed by atoms with Crippen molar-refractivity contribution in [1.82, 2.24) is 5.32 Å². The average molecular weight is 401 g/mol. The summed E-state index contributed by atoms with van der Waals surface area (Å²) in [5.74, 6) is -0.155. The number of rotatable bonds is 6. The van der Waals surface area contributed by atoms with E-state index in [9.17, 15) is 13.2 Å². The van der Waals surface area contributed by atoms with Gasteiger partial charge in [-0.25, -0.2) is 8.42 Å². The lowest BCUT2D eigenvalue weighted by molar-refractivity contribution is 0.0944. The Morgan fingerprint density at radius 2 is 1.78 bits per heavy atom. The molecule has 0 saturated carbocycles. The van der Waals surface area contributed by atoms with Crippen molar-refractivity contribution in [2.45, 2.75) is 13.0 Å². The van der Waals surface area contributed by atoms with Gasteiger partial charge in [0.05, 0.1) is 17.2 Å². The van der Waals surface area contributed by atoms with Crippen molar-refractivity contribution in [3.8, 4) is 11.1 Å². The molecule has 2 N–H and O–H groups in total. The zero-order chi connectivity index (χ0) is 19.4. The van der Waals surface area contributed by atoms with Gasteiger partial charge in [0.25, 0.3) is 5.91 Å². The average Bonchev–Trinajstić information content (AvgIpc) is 3.11. The molecule has 140 valence electrons. The van der Waals surface area contributed by atoms with E-state index in [-0.39, 0.29) is 11.9 Å². The quantitative estimate of drug-likeness (QED) is 0.649. The van der Waals surface area contributed by atoms with Crippen molar-refractivity contribution in [1.29, 1.82) is 0 Å². The van der Waals surface area contributed by atoms with Gasteiger partial charge in [0.15, 0.2) is 0 Å². The SMILES string of the molecule is CC(NC(=O)c1sccc1-c1ccccc1)c1cccc(NS(C)(=O)=O)c1. The predicted molar refractivity (Wildman–Crippen MR) is 111 cm³/mol. The van der Waals surface area contributed by atoms with E-state index in [1.54, 1.807) is 18.2 Å². The second-order valence-electron chi connectivity index (χ2n) is 6.22. The van der Waals surface area contributed by atoms with Crippen molar-refractivity contribution in [3.05, 3.63) is 76.5 Å². The van der Waals surface area contributed by atoms with Crippen molar-refractivity contribution in [3.63, 3.8) is 0 Å². The lowest BCUT2D eigenvalue weighted by Gasteiger charge is -2.16. The molecule has 0 fully saturated rings. The van der Waals surface area contributed by atoms with Crippen LogP contribution in [-0.4, -0.2) is 20.6 Å². The number of sulfonamides is 1. The van der Waals surface area contributed by atoms with Gasteiger partial charge >= 0.3 is 0 Å². The van der Waals surface area contributed by atoms with Crippen LogP contribution < -0.4 is 10.0 Å². The van der Waals surface area contributed by atoms with E-state index < -0.39 is 10.0 Å². The fourth-order valence-corrected chi connectivity index (χ4v) is 4.14. The van der Waals surface area contributed by atoms with E-state index in [1.807, 2.05) is 54.8 Å². The molecule has 0 spiro atoms. The van der Waals surface area contributed by atoms with Crippen LogP contribution in [0, 0.1) is 0 Å². The Hall–Kier alpha value is -2.64. The molecule has 2 aromatic carbocycles. The van der Waals surface area contributed by atoms with Crippen LogP contribution in [0.25, 0.3) is 11.1 Å². The van der Waals surface area contributed by atoms with Crippen LogP contribution in [0.5, 0.6) is 0 Å². The lowest BCUT2D eigenvalue weighted by Crippen LogP contribution is -2.26. The molecule has 27 heavy (non-hydrogen) atoms. The predicted octanol–water partition coefficient (Wildman–Crippen LogP) is 4.28. The molecule has 1 amide bonds. The van der Waals surface area contributed by atoms with E-state index in [4.69, 9.17) is 0 Å². The molecule has 3 aromatic rings. The van der Waals surface area contributed by atoms with Crippen LogP contribution in [0.3, 0.4) is 0 Å². The monoisotopic (exact) mass is 400 g/mol. The molecule has 0 radical (unpaired) electrons. The van der Waals surface area contributed by atoms with Crippen molar-refractivity contribution >= 4 is 33.0 Å². The van der Waals surface area contributed by atoms with Gasteiger partial charge in [0, 0.05) is 11.3 Å². The summed E-state index contributed by atoms with van der Waals surface area (Å²) in [6.45, 7) is 1.87. The van der Waals surface area contributed by atoms with Gasteiger partial charge in [-0.3, -0.25) is 9.52 Å². The number of benzene rings is 2. The number of hydrogen-bond acceptors (Lipinski definition) is 4. The van der Waals surface area contributed by atoms with E-state index >= 15 is 0 Å². The summed E-state index contributed by atoms with van der Waals surface area (Å²) >= 11 is 1.40. The van der Waals surface area contributed by atoms with Gasteiger partial charge in [0.1, 0.15) is 0 Å². The molecule has 1 aromatic heterocycles. The minimum Gasteiger partial charge on any atom is -0.345 e. The summed E-state index contributed by atoms with van der Waals surface area (Å²) in [5, 5.41) is 4.89. The molecule has 3 rings (SSSR count). The summed E-state index contributed by atoms with van der Waals surface area (Å²) in [6.07, 6.45) is 1.10. The first-order valence-electron chi connectivity index (χ1n) is 8.35. The highest BCUT2D eigenvalue weighted by atomic mass is 32.2. The zero-order valence-corrected chi connectivity index (χ0v) is 16.6. The largest absolute Gasteiger partial charge is 0.345 e. The summed E-state index contributed by atoms with van der Waals surface area (Å²) in [5.41, 5.74) is 3.18. The Morgan fingerprint density at radius 3 is 2.48 bits per heavy atom. The van der Waals surface area contributed by atoms with Crippen molar-refractivity contribution in [2.75, 3.05) is 11.0 Å². The fraction of sp³-hybridized carbons (Fsp3) is 0.150. The van der Waals surface area contributed by atoms with Crippen molar-refractivity contribution < 1.29 is 13.2 Å². The van der Waals surface area contributed by atoms with Crippen LogP contribution in [0.15, 0.2) is 66.0 Å². The first-order chi connectivity index (χ1) is 12.8. The normalized spacial score (nSPS) is 12.4. The van der Waals surface area contributed by atoms with Gasteiger partial charge in [-0.2, -0.15) is 0 Å². The topological polar surface area (TPSA) is 75.3 Å². The molecule has 0 aliphatic heterocycles. The maximum atomic E-state index is 12.8. The summed E-state index contributed by atoms with van der Waals surface area (Å²) in [7, 11) is -3.35. The van der Waals surface area contributed by atoms with Crippen LogP contribution in [-0.2, 0) is 10.0 Å². The number of carbonyl (C=O) groups is 1. The van der Waals surface area contributed by atoms with E-state index in [1.165, 1.54) is 11.3 Å². The molecule has 1 unspecified atom stereocenters. The molecular formula is C20H20N2O3S2. The molecule has 1 atom stereocenters. The molecule has 0 aliphatic carbocycles. The summed E-state index contributed by atoms with van der Waals surface area (Å²) < 4.78 is 25.3. The Balaban J connectivity index is 1.78. The molecule has 1 heterocycles. The Labute approximate surface area is 163 Å². The number of amides is 1. The number of carbonyl (C=O) groups excluding carboxylic acids is 1. The number of anilines is 1. The molecule has 5 nitrogen and oxygen atoms in total. The first-order valence-corrected chi connectivity index (χ1v) is 11.1. The molecule has 0 aliphatic rings. The third-order valence-electron chi connectivity index (χ3n) is 3.99. The third-order valence-corrected chi connectivity index (χ3v) is 5.51. The van der Waals surface area contributed by atoms with E-state index in [2.05, 4.69) is 10.0 Å². The highest BCUT2D eigenvalue weighted by molar-refractivity contribution is 7.92. The molecule has 7 heteroatoms. The standard InChI is InChI=1S/C20H20N2O3S2/c1-14(16-9-6-10-17(13-16)22-27(2,24)25)21-20(23)19-18(11-12-26-19)15-7-4-3-5-8-15/h3-14,22H,1-2H3,(H,21,23). The Kier molecular flexibility index (Phi) is 5.62. The number of thiophene rings is 1. The molecule has 0 bridgehead atoms. The highest BCUT2D eigenvalue weighted by Crippen LogP contribution is 2.29. The second kappa shape index (κ2) is 7.94. The summed E-state index contributed by atoms with van der Waals surface area (Å²) in [6, 6.07) is 18.4. The highest BCUT2D eigenvalue weighted by Gasteiger charge is 2.17. The smallest absolute Gasteiger partial charge is 0.262 e. The maximum absolute atomic E-state index is 12.8. The fourth-order valence-electron chi connectivity index (χ4n) is 2.76. The lowest BCUT2D eigenvalue weighted by atomic mass is 10.1. The molecule has 0 saturated heterocycles. The van der Waals surface area contributed by atoms with Crippen molar-refractivity contribution in [2.24, 2.45) is 0 Å². The van der Waals surface area contributed by atoms with Crippen LogP contribution in [0.4, 0.5) is 5.69 Å². The van der Waals surface area contributed by atoms with Gasteiger partial charge in [-0.1, -0.05) is 42.5 Å². The van der Waals surface area contributed by atoms with Crippen LogP contribution >= 0.6 is 11.3 Å². The Morgan fingerprint density at radius 1 is 1.04 bits per heavy atom. The number of nitrogens with one attached hydrogen (secondary N) is 2. The number of hydrogen-bond donors (Lipinski definition) is 2. The maximum Gasteiger partial charge on any atom is 0.262 e. The Bertz CT molecular complexity index is 1040. The van der Waals surface area contributed by atoms with Crippen LogP contribution in [0.2, 0.25) is 0 Å². The zero-order valence-electron chi connectivity index (χ0n) is 15.0. The van der Waals surface area contributed by atoms with Gasteiger partial charge in [-0.05, 0) is 41.6 Å². The summed E-state index contributed by atoms with van der Waals surface area (Å²) in [4.78, 5) is 13.4. The minimum atomic E-state index is -3.35. The second-order valence-corrected chi connectivity index (χ2v) is 8.89.